The van der Waals surface area contributed by atoms with Crippen molar-refractivity contribution < 1.29 is 0 Å². The van der Waals surface area contributed by atoms with Crippen molar-refractivity contribution >= 4 is 0 Å². The average molecular weight is 120 g/mol. The largest absolute Gasteiger partial charge is 0.103 e. The van der Waals surface area contributed by atoms with Crippen LogP contribution < -0.4 is 0 Å². The molecule has 0 bridgehead atoms. The SMILES string of the molecule is C=CC1C2C=CCCC12. The zero-order chi connectivity index (χ0) is 6.27. The van der Waals surface area contributed by atoms with Crippen LogP contribution >= 0.6 is 0 Å². The molecule has 0 aliphatic heterocycles. The maximum Gasteiger partial charge on any atom is -0.0133 e. The Morgan fingerprint density at radius 2 is 2.44 bits per heavy atom. The summed E-state index contributed by atoms with van der Waals surface area (Å²) in [5, 5.41) is 0. The Labute approximate surface area is 56.3 Å². The van der Waals surface area contributed by atoms with E-state index in [1.54, 1.807) is 0 Å². The predicted molar refractivity (Wildman–Crippen MR) is 39.0 cm³/mol. The highest BCUT2D eigenvalue weighted by Crippen LogP contribution is 2.52. The fraction of sp³-hybridized carbons (Fsp3) is 0.556. The molecule has 2 rings (SSSR count). The first kappa shape index (κ1) is 5.28. The van der Waals surface area contributed by atoms with E-state index < -0.39 is 0 Å². The van der Waals surface area contributed by atoms with Crippen molar-refractivity contribution in [3.8, 4) is 0 Å². The van der Waals surface area contributed by atoms with E-state index >= 15 is 0 Å². The second kappa shape index (κ2) is 1.73. The van der Waals surface area contributed by atoms with E-state index in [4.69, 9.17) is 0 Å². The fourth-order valence-corrected chi connectivity index (χ4v) is 1.96. The van der Waals surface area contributed by atoms with Crippen LogP contribution in [0, 0.1) is 17.8 Å². The molecule has 2 aliphatic carbocycles. The Balaban J connectivity index is 2.09. The minimum atomic E-state index is 0.837. The van der Waals surface area contributed by atoms with Gasteiger partial charge in [0.15, 0.2) is 0 Å². The normalized spacial score (nSPS) is 46.0. The Morgan fingerprint density at radius 3 is 3.00 bits per heavy atom. The van der Waals surface area contributed by atoms with Gasteiger partial charge in [0.05, 0.1) is 0 Å². The summed E-state index contributed by atoms with van der Waals surface area (Å²) in [6, 6.07) is 0. The first-order valence-electron chi connectivity index (χ1n) is 3.72. The van der Waals surface area contributed by atoms with Gasteiger partial charge in [0.1, 0.15) is 0 Å². The number of hydrogen-bond donors (Lipinski definition) is 0. The van der Waals surface area contributed by atoms with Crippen LogP contribution in [0.1, 0.15) is 12.8 Å². The molecule has 1 fully saturated rings. The summed E-state index contributed by atoms with van der Waals surface area (Å²) in [6.07, 6.45) is 9.49. The molecule has 2 aliphatic rings. The van der Waals surface area contributed by atoms with Gasteiger partial charge in [-0.25, -0.2) is 0 Å². The first-order valence-corrected chi connectivity index (χ1v) is 3.72. The zero-order valence-corrected chi connectivity index (χ0v) is 5.59. The Kier molecular flexibility index (Phi) is 1.01. The third kappa shape index (κ3) is 0.658. The topological polar surface area (TPSA) is 0 Å². The lowest BCUT2D eigenvalue weighted by Gasteiger charge is -1.96. The molecule has 0 saturated heterocycles. The van der Waals surface area contributed by atoms with Crippen molar-refractivity contribution in [1.82, 2.24) is 0 Å². The quantitative estimate of drug-likeness (QED) is 0.466. The summed E-state index contributed by atoms with van der Waals surface area (Å²) in [6.45, 7) is 3.81. The molecule has 0 amide bonds. The van der Waals surface area contributed by atoms with Crippen LogP contribution in [0.3, 0.4) is 0 Å². The van der Waals surface area contributed by atoms with Gasteiger partial charge in [-0.15, -0.1) is 6.58 Å². The van der Waals surface area contributed by atoms with E-state index in [1.165, 1.54) is 12.8 Å². The first-order chi connectivity index (χ1) is 4.43. The van der Waals surface area contributed by atoms with Gasteiger partial charge in [0.2, 0.25) is 0 Å². The maximum atomic E-state index is 3.81. The molecular weight excluding hydrogens is 108 g/mol. The van der Waals surface area contributed by atoms with Crippen molar-refractivity contribution in [2.75, 3.05) is 0 Å². The van der Waals surface area contributed by atoms with E-state index in [9.17, 15) is 0 Å². The molecule has 0 heteroatoms. The highest BCUT2D eigenvalue weighted by atomic mass is 14.5. The molecule has 48 valence electrons. The van der Waals surface area contributed by atoms with E-state index in [-0.39, 0.29) is 0 Å². The number of rotatable bonds is 1. The lowest BCUT2D eigenvalue weighted by molar-refractivity contribution is 0.671. The van der Waals surface area contributed by atoms with Crippen molar-refractivity contribution in [3.05, 3.63) is 24.8 Å². The third-order valence-corrected chi connectivity index (χ3v) is 2.59. The summed E-state index contributed by atoms with van der Waals surface area (Å²) in [4.78, 5) is 0. The molecule has 3 unspecified atom stereocenters. The fourth-order valence-electron chi connectivity index (χ4n) is 1.96. The van der Waals surface area contributed by atoms with Gasteiger partial charge in [-0.3, -0.25) is 0 Å². The van der Waals surface area contributed by atoms with Gasteiger partial charge in [0.25, 0.3) is 0 Å². The van der Waals surface area contributed by atoms with Crippen molar-refractivity contribution in [1.29, 1.82) is 0 Å². The molecular formula is C9H12. The van der Waals surface area contributed by atoms with E-state index in [1.807, 2.05) is 0 Å². The van der Waals surface area contributed by atoms with Gasteiger partial charge >= 0.3 is 0 Å². The molecule has 9 heavy (non-hydrogen) atoms. The minimum Gasteiger partial charge on any atom is -0.103 e. The molecule has 0 spiro atoms. The Hall–Kier alpha value is -0.520. The number of fused-ring (bicyclic) bond motifs is 1. The van der Waals surface area contributed by atoms with E-state index in [0.717, 1.165) is 17.8 Å². The standard InChI is InChI=1S/C9H12/c1-2-7-8-5-3-4-6-9(7)8/h2-3,5,7-9H,1,4,6H2. The summed E-state index contributed by atoms with van der Waals surface area (Å²) in [5.41, 5.74) is 0. The molecule has 0 aromatic heterocycles. The molecule has 0 aromatic carbocycles. The Morgan fingerprint density at radius 1 is 1.56 bits per heavy atom. The molecule has 0 nitrogen and oxygen atoms in total. The van der Waals surface area contributed by atoms with Gasteiger partial charge in [-0.1, -0.05) is 18.2 Å². The molecule has 0 N–H and O–H groups in total. The minimum absolute atomic E-state index is 0.837. The molecule has 3 atom stereocenters. The second-order valence-corrected chi connectivity index (χ2v) is 3.06. The Bertz CT molecular complexity index is 155. The summed E-state index contributed by atoms with van der Waals surface area (Å²) >= 11 is 0. The molecule has 0 aromatic rings. The lowest BCUT2D eigenvalue weighted by atomic mass is 10.1. The number of hydrogen-bond acceptors (Lipinski definition) is 0. The predicted octanol–water partition coefficient (Wildman–Crippen LogP) is 2.38. The molecule has 0 radical (unpaired) electrons. The van der Waals surface area contributed by atoms with Crippen molar-refractivity contribution in [3.63, 3.8) is 0 Å². The lowest BCUT2D eigenvalue weighted by Crippen LogP contribution is -1.83. The van der Waals surface area contributed by atoms with Crippen LogP contribution in [0.25, 0.3) is 0 Å². The summed E-state index contributed by atoms with van der Waals surface area (Å²) < 4.78 is 0. The van der Waals surface area contributed by atoms with Crippen LogP contribution in [0.5, 0.6) is 0 Å². The number of allylic oxidation sites excluding steroid dienone is 3. The van der Waals surface area contributed by atoms with Gasteiger partial charge < -0.3 is 0 Å². The smallest absolute Gasteiger partial charge is 0.0133 e. The molecule has 0 heterocycles. The maximum absolute atomic E-state index is 3.81. The average Bonchev–Trinajstić information content (AvgIpc) is 2.60. The highest BCUT2D eigenvalue weighted by molar-refractivity contribution is 5.17. The van der Waals surface area contributed by atoms with Crippen molar-refractivity contribution in [2.45, 2.75) is 12.8 Å². The van der Waals surface area contributed by atoms with Gasteiger partial charge in [0, 0.05) is 0 Å². The van der Waals surface area contributed by atoms with E-state index in [2.05, 4.69) is 24.8 Å². The second-order valence-electron chi connectivity index (χ2n) is 3.06. The van der Waals surface area contributed by atoms with Crippen molar-refractivity contribution in [2.24, 2.45) is 17.8 Å². The summed E-state index contributed by atoms with van der Waals surface area (Å²) in [7, 11) is 0. The zero-order valence-electron chi connectivity index (χ0n) is 5.59. The summed E-state index contributed by atoms with van der Waals surface area (Å²) in [5.74, 6) is 2.70. The van der Waals surface area contributed by atoms with Crippen LogP contribution in [0.4, 0.5) is 0 Å². The van der Waals surface area contributed by atoms with Crippen LogP contribution in [0.2, 0.25) is 0 Å². The van der Waals surface area contributed by atoms with Gasteiger partial charge in [-0.05, 0) is 30.6 Å². The highest BCUT2D eigenvalue weighted by Gasteiger charge is 2.46. The monoisotopic (exact) mass is 120 g/mol. The van der Waals surface area contributed by atoms with Crippen LogP contribution in [-0.4, -0.2) is 0 Å². The third-order valence-electron chi connectivity index (χ3n) is 2.59. The van der Waals surface area contributed by atoms with E-state index in [0.29, 0.717) is 0 Å². The van der Waals surface area contributed by atoms with Gasteiger partial charge in [-0.2, -0.15) is 0 Å². The van der Waals surface area contributed by atoms with Crippen LogP contribution in [0.15, 0.2) is 24.8 Å². The molecule has 1 saturated carbocycles. The van der Waals surface area contributed by atoms with Crippen LogP contribution in [-0.2, 0) is 0 Å².